The third-order valence-electron chi connectivity index (χ3n) is 1.92. The molecule has 1 N–H and O–H groups in total. The Hall–Kier alpha value is -0.880. The first-order valence-corrected chi connectivity index (χ1v) is 6.39. The predicted molar refractivity (Wildman–Crippen MR) is 63.8 cm³/mol. The molecule has 1 amide bonds. The first-order valence-electron chi connectivity index (χ1n) is 4.59. The van der Waals surface area contributed by atoms with E-state index >= 15 is 0 Å². The SMILES string of the molecule is Cc1nc(C)c(C(=O)NC2=NCCS2)s1. The van der Waals surface area contributed by atoms with Crippen LogP contribution in [0.5, 0.6) is 0 Å². The number of amidine groups is 1. The van der Waals surface area contributed by atoms with Gasteiger partial charge in [-0.3, -0.25) is 9.79 Å². The van der Waals surface area contributed by atoms with Crippen molar-refractivity contribution in [3.8, 4) is 0 Å². The molecule has 1 aliphatic rings. The number of nitrogens with zero attached hydrogens (tertiary/aromatic N) is 2. The summed E-state index contributed by atoms with van der Waals surface area (Å²) in [6.07, 6.45) is 0. The number of rotatable bonds is 1. The highest BCUT2D eigenvalue weighted by atomic mass is 32.2. The lowest BCUT2D eigenvalue weighted by Gasteiger charge is -2.01. The van der Waals surface area contributed by atoms with Gasteiger partial charge in [-0.25, -0.2) is 4.98 Å². The third-order valence-corrected chi connectivity index (χ3v) is 3.88. The molecule has 0 fully saturated rings. The summed E-state index contributed by atoms with van der Waals surface area (Å²) in [5.74, 6) is 0.863. The van der Waals surface area contributed by atoms with Crippen LogP contribution in [0.3, 0.4) is 0 Å². The molecule has 0 radical (unpaired) electrons. The molecule has 15 heavy (non-hydrogen) atoms. The van der Waals surface area contributed by atoms with Crippen LogP contribution >= 0.6 is 23.1 Å². The van der Waals surface area contributed by atoms with Gasteiger partial charge in [-0.05, 0) is 13.8 Å². The van der Waals surface area contributed by atoms with Crippen molar-refractivity contribution >= 4 is 34.2 Å². The molecule has 80 valence electrons. The van der Waals surface area contributed by atoms with Crippen molar-refractivity contribution in [1.82, 2.24) is 10.3 Å². The molecule has 0 spiro atoms. The Bertz CT molecular complexity index is 425. The van der Waals surface area contributed by atoms with Gasteiger partial charge >= 0.3 is 0 Å². The van der Waals surface area contributed by atoms with Crippen molar-refractivity contribution in [3.63, 3.8) is 0 Å². The number of aliphatic imine (C=N–C) groups is 1. The molecule has 2 heterocycles. The Morgan fingerprint density at radius 1 is 1.47 bits per heavy atom. The summed E-state index contributed by atoms with van der Waals surface area (Å²) >= 11 is 3.00. The number of aryl methyl sites for hydroxylation is 2. The summed E-state index contributed by atoms with van der Waals surface area (Å²) in [4.78, 5) is 20.9. The highest BCUT2D eigenvalue weighted by Crippen LogP contribution is 2.18. The van der Waals surface area contributed by atoms with Gasteiger partial charge in [0, 0.05) is 5.75 Å². The molecule has 2 rings (SSSR count). The Morgan fingerprint density at radius 3 is 2.80 bits per heavy atom. The number of amides is 1. The maximum absolute atomic E-state index is 11.8. The zero-order valence-electron chi connectivity index (χ0n) is 8.53. The fourth-order valence-electron chi connectivity index (χ4n) is 1.31. The monoisotopic (exact) mass is 241 g/mol. The summed E-state index contributed by atoms with van der Waals surface area (Å²) in [6, 6.07) is 0. The number of carbonyl (C=O) groups is 1. The summed E-state index contributed by atoms with van der Waals surface area (Å²) in [6.45, 7) is 4.54. The summed E-state index contributed by atoms with van der Waals surface area (Å²) < 4.78 is 0. The second-order valence-electron chi connectivity index (χ2n) is 3.14. The van der Waals surface area contributed by atoms with Crippen LogP contribution in [0.15, 0.2) is 4.99 Å². The van der Waals surface area contributed by atoms with E-state index in [9.17, 15) is 4.79 Å². The van der Waals surface area contributed by atoms with Crippen LogP contribution in [-0.2, 0) is 0 Å². The van der Waals surface area contributed by atoms with Gasteiger partial charge in [-0.1, -0.05) is 11.8 Å². The highest BCUT2D eigenvalue weighted by molar-refractivity contribution is 8.14. The van der Waals surface area contributed by atoms with Crippen LogP contribution < -0.4 is 5.32 Å². The lowest BCUT2D eigenvalue weighted by atomic mass is 10.4. The molecule has 0 saturated heterocycles. The maximum Gasteiger partial charge on any atom is 0.269 e. The van der Waals surface area contributed by atoms with Crippen molar-refractivity contribution in [2.75, 3.05) is 12.3 Å². The minimum absolute atomic E-state index is 0.0914. The molecule has 4 nitrogen and oxygen atoms in total. The Labute approximate surface area is 96.2 Å². The van der Waals surface area contributed by atoms with Gasteiger partial charge in [0.2, 0.25) is 0 Å². The van der Waals surface area contributed by atoms with E-state index in [1.807, 2.05) is 13.8 Å². The van der Waals surface area contributed by atoms with Crippen LogP contribution in [-0.4, -0.2) is 28.4 Å². The van der Waals surface area contributed by atoms with E-state index in [-0.39, 0.29) is 5.91 Å². The van der Waals surface area contributed by atoms with Crippen LogP contribution in [0.1, 0.15) is 20.4 Å². The summed E-state index contributed by atoms with van der Waals surface area (Å²) in [5.41, 5.74) is 0.790. The zero-order chi connectivity index (χ0) is 10.8. The number of aromatic nitrogens is 1. The number of hydrogen-bond acceptors (Lipinski definition) is 5. The second-order valence-corrected chi connectivity index (χ2v) is 5.42. The normalized spacial score (nSPS) is 15.2. The molecule has 0 bridgehead atoms. The molecular formula is C9H11N3OS2. The third kappa shape index (κ3) is 2.38. The number of carbonyl (C=O) groups excluding carboxylic acids is 1. The lowest BCUT2D eigenvalue weighted by molar-refractivity contribution is 0.0981. The van der Waals surface area contributed by atoms with E-state index in [2.05, 4.69) is 15.3 Å². The van der Waals surface area contributed by atoms with Gasteiger partial charge in [0.1, 0.15) is 4.88 Å². The Morgan fingerprint density at radius 2 is 2.27 bits per heavy atom. The molecule has 0 atom stereocenters. The van der Waals surface area contributed by atoms with E-state index in [1.54, 1.807) is 11.8 Å². The molecule has 1 aromatic heterocycles. The van der Waals surface area contributed by atoms with Crippen LogP contribution in [0, 0.1) is 13.8 Å². The minimum atomic E-state index is -0.0914. The first-order chi connectivity index (χ1) is 7.16. The molecule has 0 saturated carbocycles. The van der Waals surface area contributed by atoms with E-state index in [0.29, 0.717) is 4.88 Å². The van der Waals surface area contributed by atoms with Gasteiger partial charge in [0.05, 0.1) is 17.2 Å². The highest BCUT2D eigenvalue weighted by Gasteiger charge is 2.17. The summed E-state index contributed by atoms with van der Waals surface area (Å²) in [5, 5.41) is 4.44. The average molecular weight is 241 g/mol. The van der Waals surface area contributed by atoms with Crippen molar-refractivity contribution < 1.29 is 4.79 Å². The molecule has 0 aliphatic carbocycles. The first kappa shape index (κ1) is 10.6. The van der Waals surface area contributed by atoms with Gasteiger partial charge in [-0.15, -0.1) is 11.3 Å². The number of hydrogen-bond donors (Lipinski definition) is 1. The average Bonchev–Trinajstić information content (AvgIpc) is 2.75. The number of thiazole rings is 1. The molecular weight excluding hydrogens is 230 g/mol. The number of thioether (sulfide) groups is 1. The lowest BCUT2D eigenvalue weighted by Crippen LogP contribution is -2.27. The largest absolute Gasteiger partial charge is 0.301 e. The van der Waals surface area contributed by atoms with Gasteiger partial charge in [-0.2, -0.15) is 0 Å². The zero-order valence-corrected chi connectivity index (χ0v) is 10.2. The van der Waals surface area contributed by atoms with Crippen molar-refractivity contribution in [2.45, 2.75) is 13.8 Å². The molecule has 0 aromatic carbocycles. The fraction of sp³-hybridized carbons (Fsp3) is 0.444. The van der Waals surface area contributed by atoms with Gasteiger partial charge in [0.25, 0.3) is 5.91 Å². The molecule has 6 heteroatoms. The second kappa shape index (κ2) is 4.32. The Balaban J connectivity index is 2.10. The van der Waals surface area contributed by atoms with Crippen LogP contribution in [0.4, 0.5) is 0 Å². The van der Waals surface area contributed by atoms with E-state index in [4.69, 9.17) is 0 Å². The van der Waals surface area contributed by atoms with E-state index in [0.717, 1.165) is 28.2 Å². The Kier molecular flexibility index (Phi) is 3.06. The number of nitrogens with one attached hydrogen (secondary N) is 1. The van der Waals surface area contributed by atoms with E-state index < -0.39 is 0 Å². The van der Waals surface area contributed by atoms with E-state index in [1.165, 1.54) is 11.3 Å². The molecule has 1 aromatic rings. The molecule has 0 unspecified atom stereocenters. The van der Waals surface area contributed by atoms with Crippen molar-refractivity contribution in [1.29, 1.82) is 0 Å². The maximum atomic E-state index is 11.8. The van der Waals surface area contributed by atoms with Crippen LogP contribution in [0.2, 0.25) is 0 Å². The van der Waals surface area contributed by atoms with Gasteiger partial charge in [0.15, 0.2) is 5.17 Å². The molecule has 1 aliphatic heterocycles. The quantitative estimate of drug-likeness (QED) is 0.812. The van der Waals surface area contributed by atoms with Gasteiger partial charge < -0.3 is 5.32 Å². The van der Waals surface area contributed by atoms with Crippen molar-refractivity contribution in [2.24, 2.45) is 4.99 Å². The fourth-order valence-corrected chi connectivity index (χ4v) is 2.85. The minimum Gasteiger partial charge on any atom is -0.301 e. The van der Waals surface area contributed by atoms with Crippen molar-refractivity contribution in [3.05, 3.63) is 15.6 Å². The smallest absolute Gasteiger partial charge is 0.269 e. The standard InChI is InChI=1S/C9H11N3OS2/c1-5-7(15-6(2)11-5)8(13)12-9-10-3-4-14-9/h3-4H2,1-2H3,(H,10,12,13). The summed E-state index contributed by atoms with van der Waals surface area (Å²) in [7, 11) is 0. The predicted octanol–water partition coefficient (Wildman–Crippen LogP) is 1.59. The van der Waals surface area contributed by atoms with Crippen LogP contribution in [0.25, 0.3) is 0 Å². The topological polar surface area (TPSA) is 54.4 Å².